The first kappa shape index (κ1) is 31.9. The quantitative estimate of drug-likeness (QED) is 0.162. The molecule has 0 fully saturated rings. The summed E-state index contributed by atoms with van der Waals surface area (Å²) < 4.78 is 0. The molecule has 0 spiro atoms. The van der Waals surface area contributed by atoms with Crippen LogP contribution in [0.1, 0.15) is 11.1 Å². The van der Waals surface area contributed by atoms with Gasteiger partial charge in [0.1, 0.15) is 0 Å². The first-order chi connectivity index (χ1) is 26.2. The van der Waals surface area contributed by atoms with Gasteiger partial charge in [0.05, 0.1) is 28.7 Å². The molecular formula is C46H33N7. The van der Waals surface area contributed by atoms with Crippen LogP contribution < -0.4 is 11.2 Å². The van der Waals surface area contributed by atoms with E-state index in [9.17, 15) is 0 Å². The van der Waals surface area contributed by atoms with Crippen molar-refractivity contribution in [1.82, 2.24) is 19.9 Å². The normalized spacial score (nSPS) is 14.3. The zero-order chi connectivity index (χ0) is 35.6. The first-order valence-corrected chi connectivity index (χ1v) is 17.5. The van der Waals surface area contributed by atoms with Crippen molar-refractivity contribution in [3.63, 3.8) is 0 Å². The molecule has 1 unspecified atom stereocenters. The lowest BCUT2D eigenvalue weighted by molar-refractivity contribution is 1.06. The maximum absolute atomic E-state index is 6.65. The molecule has 9 rings (SSSR count). The summed E-state index contributed by atoms with van der Waals surface area (Å²) in [6.45, 7) is 0. The van der Waals surface area contributed by atoms with Crippen LogP contribution in [-0.2, 0) is 0 Å². The monoisotopic (exact) mass is 683 g/mol. The molecule has 0 saturated heterocycles. The van der Waals surface area contributed by atoms with Crippen LogP contribution in [0, 0.1) is 0 Å². The number of para-hydroxylation sites is 2. The molecule has 2 aromatic heterocycles. The minimum Gasteiger partial charge on any atom is -0.319 e. The summed E-state index contributed by atoms with van der Waals surface area (Å²) in [7, 11) is 0. The minimum absolute atomic E-state index is 0.366. The van der Waals surface area contributed by atoms with Crippen LogP contribution in [0.25, 0.3) is 73.5 Å². The predicted molar refractivity (Wildman–Crippen MR) is 216 cm³/mol. The highest BCUT2D eigenvalue weighted by molar-refractivity contribution is 6.19. The van der Waals surface area contributed by atoms with Crippen LogP contribution in [0.15, 0.2) is 175 Å². The first-order valence-electron chi connectivity index (χ1n) is 17.5. The second-order valence-corrected chi connectivity index (χ2v) is 12.8. The Bertz CT molecular complexity index is 2560. The summed E-state index contributed by atoms with van der Waals surface area (Å²) in [5.41, 5.74) is 21.3. The molecule has 1 aliphatic carbocycles. The zero-order valence-electron chi connectivity index (χ0n) is 28.6. The molecule has 0 amide bonds. The molecular weight excluding hydrogens is 651 g/mol. The van der Waals surface area contributed by atoms with Crippen molar-refractivity contribution in [1.29, 1.82) is 0 Å². The van der Waals surface area contributed by atoms with E-state index in [0.717, 1.165) is 72.5 Å². The van der Waals surface area contributed by atoms with Gasteiger partial charge in [0.2, 0.25) is 0 Å². The Morgan fingerprint density at radius 2 is 0.943 bits per heavy atom. The van der Waals surface area contributed by atoms with Crippen LogP contribution in [0.3, 0.4) is 0 Å². The van der Waals surface area contributed by atoms with E-state index in [0.29, 0.717) is 17.5 Å². The van der Waals surface area contributed by atoms with Gasteiger partial charge in [0.25, 0.3) is 0 Å². The third-order valence-corrected chi connectivity index (χ3v) is 9.39. The Balaban J connectivity index is 1.05. The number of anilines is 1. The van der Waals surface area contributed by atoms with Crippen LogP contribution in [0.2, 0.25) is 0 Å². The Morgan fingerprint density at radius 3 is 1.53 bits per heavy atom. The molecule has 0 bridgehead atoms. The van der Waals surface area contributed by atoms with Crippen molar-refractivity contribution in [2.75, 3.05) is 5.43 Å². The van der Waals surface area contributed by atoms with Crippen LogP contribution >= 0.6 is 0 Å². The molecule has 6 aromatic carbocycles. The summed E-state index contributed by atoms with van der Waals surface area (Å²) >= 11 is 0. The summed E-state index contributed by atoms with van der Waals surface area (Å²) in [4.78, 5) is 19.8. The lowest BCUT2D eigenvalue weighted by Crippen LogP contribution is -2.33. The maximum atomic E-state index is 6.65. The maximum Gasteiger partial charge on any atom is 0.164 e. The lowest BCUT2D eigenvalue weighted by atomic mass is 9.87. The topological polar surface area (TPSA) is 102 Å². The third-order valence-electron chi connectivity index (χ3n) is 9.39. The van der Waals surface area contributed by atoms with Crippen molar-refractivity contribution < 1.29 is 0 Å². The summed E-state index contributed by atoms with van der Waals surface area (Å²) in [5.74, 6) is 1.91. The highest BCUT2D eigenvalue weighted by Gasteiger charge is 2.25. The average Bonchev–Trinajstić information content (AvgIpc) is 3.24. The van der Waals surface area contributed by atoms with Gasteiger partial charge in [0, 0.05) is 38.8 Å². The molecule has 252 valence electrons. The van der Waals surface area contributed by atoms with Crippen LogP contribution in [-0.4, -0.2) is 31.7 Å². The van der Waals surface area contributed by atoms with E-state index < -0.39 is 0 Å². The number of hydrogen-bond acceptors (Lipinski definition) is 7. The fraction of sp³-hybridized carbons (Fsp3) is 0.0217. The number of pyridine rings is 1. The zero-order valence-corrected chi connectivity index (χ0v) is 28.6. The number of nitrogens with one attached hydrogen (secondary N) is 1. The number of hydrogen-bond donors (Lipinski definition) is 2. The number of rotatable bonds is 7. The summed E-state index contributed by atoms with van der Waals surface area (Å²) in [6.07, 6.45) is 4.07. The molecule has 2 heterocycles. The third kappa shape index (κ3) is 6.37. The Kier molecular flexibility index (Phi) is 8.36. The van der Waals surface area contributed by atoms with Gasteiger partial charge in [0.15, 0.2) is 17.5 Å². The molecule has 8 aromatic rings. The fourth-order valence-electron chi connectivity index (χ4n) is 6.68. The molecule has 0 aliphatic heterocycles. The van der Waals surface area contributed by atoms with E-state index >= 15 is 0 Å². The SMILES string of the molecule is NC1C=Cc2c(-c3ccc(-c4ccc(-c5nc(-c6ccccc6)nc(-c6ccccc6)n5)cc4)cc3)nc3ccccc3c2/C1=N/Nc1ccccc1. The smallest absolute Gasteiger partial charge is 0.164 e. The van der Waals surface area contributed by atoms with Gasteiger partial charge in [-0.05, 0) is 29.3 Å². The summed E-state index contributed by atoms with van der Waals surface area (Å²) in [6, 6.07) is 54.6. The number of aromatic nitrogens is 4. The molecule has 7 heteroatoms. The van der Waals surface area contributed by atoms with E-state index in [1.54, 1.807) is 0 Å². The van der Waals surface area contributed by atoms with Gasteiger partial charge in [-0.1, -0.05) is 158 Å². The van der Waals surface area contributed by atoms with Gasteiger partial charge in [-0.2, -0.15) is 5.10 Å². The predicted octanol–water partition coefficient (Wildman–Crippen LogP) is 9.93. The second kappa shape index (κ2) is 13.9. The van der Waals surface area contributed by atoms with E-state index in [1.165, 1.54) is 0 Å². The molecule has 1 atom stereocenters. The largest absolute Gasteiger partial charge is 0.319 e. The molecule has 1 aliphatic rings. The fourth-order valence-corrected chi connectivity index (χ4v) is 6.68. The highest BCUT2D eigenvalue weighted by Crippen LogP contribution is 2.36. The van der Waals surface area contributed by atoms with E-state index in [2.05, 4.69) is 66.1 Å². The van der Waals surface area contributed by atoms with E-state index in [1.807, 2.05) is 115 Å². The molecule has 0 saturated carbocycles. The van der Waals surface area contributed by atoms with Crippen molar-refractivity contribution in [3.05, 3.63) is 181 Å². The molecule has 53 heavy (non-hydrogen) atoms. The number of hydrazone groups is 1. The van der Waals surface area contributed by atoms with Crippen molar-refractivity contribution >= 4 is 28.4 Å². The van der Waals surface area contributed by atoms with Gasteiger partial charge in [-0.15, -0.1) is 0 Å². The van der Waals surface area contributed by atoms with E-state index in [-0.39, 0.29) is 6.04 Å². The van der Waals surface area contributed by atoms with Gasteiger partial charge in [-0.3, -0.25) is 5.43 Å². The number of benzene rings is 6. The number of nitrogens with two attached hydrogens (primary N) is 1. The number of fused-ring (bicyclic) bond motifs is 3. The summed E-state index contributed by atoms with van der Waals surface area (Å²) in [5, 5.41) is 5.85. The molecule has 0 radical (unpaired) electrons. The Hall–Kier alpha value is -7.09. The molecule has 3 N–H and O–H groups in total. The molecule has 7 nitrogen and oxygen atoms in total. The lowest BCUT2D eigenvalue weighted by Gasteiger charge is -2.23. The van der Waals surface area contributed by atoms with Gasteiger partial charge < -0.3 is 5.73 Å². The van der Waals surface area contributed by atoms with Crippen molar-refractivity contribution in [2.24, 2.45) is 10.8 Å². The highest BCUT2D eigenvalue weighted by atomic mass is 15.3. The average molecular weight is 684 g/mol. The Labute approximate surface area is 307 Å². The van der Waals surface area contributed by atoms with Crippen LogP contribution in [0.4, 0.5) is 5.69 Å². The van der Waals surface area contributed by atoms with Gasteiger partial charge in [-0.25, -0.2) is 19.9 Å². The minimum atomic E-state index is -0.366. The van der Waals surface area contributed by atoms with Crippen molar-refractivity contribution in [3.8, 4) is 56.5 Å². The van der Waals surface area contributed by atoms with Gasteiger partial charge >= 0.3 is 0 Å². The van der Waals surface area contributed by atoms with E-state index in [4.69, 9.17) is 30.8 Å². The Morgan fingerprint density at radius 1 is 0.472 bits per heavy atom. The second-order valence-electron chi connectivity index (χ2n) is 12.8. The van der Waals surface area contributed by atoms with Crippen molar-refractivity contribution in [2.45, 2.75) is 6.04 Å². The van der Waals surface area contributed by atoms with Crippen LogP contribution in [0.5, 0.6) is 0 Å². The standard InChI is InChI=1S/C46H33N7/c47-39-29-28-38-41(43(39)53-52-36-16-8-3-9-17-36)37-18-10-11-19-40(37)48-42(38)32-24-20-30(21-25-32)31-22-26-35(27-23-31)46-50-44(33-12-4-1-5-13-33)49-45(51-46)34-14-6-2-7-15-34/h1-29,39,52H,47H2/b53-43+. The number of nitrogens with zero attached hydrogens (tertiary/aromatic N) is 5.